The third-order valence-corrected chi connectivity index (χ3v) is 3.13. The Hall–Kier alpha value is -3.08. The zero-order valence-electron chi connectivity index (χ0n) is 12.0. The summed E-state index contributed by atoms with van der Waals surface area (Å²) in [6.07, 6.45) is 1.65. The Bertz CT molecular complexity index is 846. The number of carbonyl (C=O) groups is 1. The molecule has 0 spiro atoms. The van der Waals surface area contributed by atoms with E-state index in [2.05, 4.69) is 10.3 Å². The van der Waals surface area contributed by atoms with Crippen molar-refractivity contribution < 1.29 is 9.53 Å². The van der Waals surface area contributed by atoms with Crippen LogP contribution in [0, 0.1) is 0 Å². The molecule has 0 aliphatic heterocycles. The van der Waals surface area contributed by atoms with Gasteiger partial charge in [0.1, 0.15) is 11.5 Å². The van der Waals surface area contributed by atoms with Gasteiger partial charge in [0.15, 0.2) is 0 Å². The second-order valence-electron chi connectivity index (χ2n) is 4.87. The summed E-state index contributed by atoms with van der Waals surface area (Å²) >= 11 is 0. The topological polar surface area (TPSA) is 77.2 Å². The molecule has 5 nitrogen and oxygen atoms in total. The van der Waals surface area contributed by atoms with E-state index in [1.807, 2.05) is 24.3 Å². The molecular weight excluding hydrogens is 278 g/mol. The quantitative estimate of drug-likeness (QED) is 0.724. The molecule has 0 unspecified atom stereocenters. The molecule has 3 N–H and O–H groups in total. The van der Waals surface area contributed by atoms with Crippen molar-refractivity contribution in [2.24, 2.45) is 0 Å². The molecule has 5 heteroatoms. The molecular formula is C17H15N3O2. The normalized spacial score (nSPS) is 10.4. The maximum absolute atomic E-state index is 11.3. The largest absolute Gasteiger partial charge is 0.457 e. The van der Waals surface area contributed by atoms with Crippen molar-refractivity contribution in [2.45, 2.75) is 6.92 Å². The molecule has 110 valence electrons. The van der Waals surface area contributed by atoms with Gasteiger partial charge in [0, 0.05) is 30.3 Å². The number of hydrogen-bond donors (Lipinski definition) is 2. The Kier molecular flexibility index (Phi) is 3.62. The van der Waals surface area contributed by atoms with Crippen molar-refractivity contribution >= 4 is 28.2 Å². The molecule has 1 heterocycles. The van der Waals surface area contributed by atoms with Crippen molar-refractivity contribution in [2.75, 3.05) is 11.1 Å². The number of fused-ring (bicyclic) bond motifs is 1. The third kappa shape index (κ3) is 2.83. The van der Waals surface area contributed by atoms with Crippen LogP contribution >= 0.6 is 0 Å². The monoisotopic (exact) mass is 293 g/mol. The second kappa shape index (κ2) is 5.73. The fraction of sp³-hybridized carbons (Fsp3) is 0.0588. The van der Waals surface area contributed by atoms with Gasteiger partial charge < -0.3 is 15.8 Å². The van der Waals surface area contributed by atoms with Gasteiger partial charge >= 0.3 is 0 Å². The van der Waals surface area contributed by atoms with Crippen molar-refractivity contribution in [1.29, 1.82) is 0 Å². The highest BCUT2D eigenvalue weighted by Gasteiger charge is 2.09. The molecule has 0 saturated carbocycles. The number of benzene rings is 2. The Labute approximate surface area is 127 Å². The number of aromatic nitrogens is 1. The number of ether oxygens (including phenoxy) is 1. The molecule has 2 aromatic carbocycles. The highest BCUT2D eigenvalue weighted by molar-refractivity contribution is 6.01. The molecule has 22 heavy (non-hydrogen) atoms. The number of anilines is 2. The van der Waals surface area contributed by atoms with E-state index in [1.54, 1.807) is 30.5 Å². The number of rotatable bonds is 3. The van der Waals surface area contributed by atoms with E-state index in [9.17, 15) is 4.79 Å². The molecule has 0 saturated heterocycles. The number of pyridine rings is 1. The molecule has 3 rings (SSSR count). The summed E-state index contributed by atoms with van der Waals surface area (Å²) in [6.45, 7) is 1.46. The lowest BCUT2D eigenvalue weighted by atomic mass is 10.1. The first-order valence-corrected chi connectivity index (χ1v) is 6.82. The number of carbonyl (C=O) groups excluding carboxylic acids is 1. The summed E-state index contributed by atoms with van der Waals surface area (Å²) in [7, 11) is 0. The molecule has 0 fully saturated rings. The average Bonchev–Trinajstić information content (AvgIpc) is 2.48. The molecule has 1 aromatic heterocycles. The first-order chi connectivity index (χ1) is 10.6. The minimum Gasteiger partial charge on any atom is -0.457 e. The summed E-state index contributed by atoms with van der Waals surface area (Å²) in [5.41, 5.74) is 7.73. The number of nitrogens with zero attached hydrogens (tertiary/aromatic N) is 1. The number of nitrogens with two attached hydrogens (primary N) is 1. The summed E-state index contributed by atoms with van der Waals surface area (Å²) in [5, 5.41) is 3.59. The third-order valence-electron chi connectivity index (χ3n) is 3.13. The Morgan fingerprint density at radius 1 is 1.18 bits per heavy atom. The molecule has 0 aliphatic carbocycles. The Morgan fingerprint density at radius 3 is 2.77 bits per heavy atom. The summed E-state index contributed by atoms with van der Waals surface area (Å²) in [5.74, 6) is 1.16. The maximum Gasteiger partial charge on any atom is 0.221 e. The lowest BCUT2D eigenvalue weighted by Gasteiger charge is -2.11. The highest BCUT2D eigenvalue weighted by Crippen LogP contribution is 2.32. The van der Waals surface area contributed by atoms with E-state index in [0.717, 1.165) is 5.39 Å². The number of hydrogen-bond acceptors (Lipinski definition) is 4. The van der Waals surface area contributed by atoms with E-state index in [4.69, 9.17) is 10.5 Å². The van der Waals surface area contributed by atoms with Crippen LogP contribution in [0.5, 0.6) is 11.5 Å². The first-order valence-electron chi connectivity index (χ1n) is 6.82. The van der Waals surface area contributed by atoms with Crippen LogP contribution in [0.15, 0.2) is 54.7 Å². The standard InChI is InChI=1S/C17H15N3O2/c1-11(21)20-15-7-3-6-14-16(8-9-19-17(14)15)22-13-5-2-4-12(18)10-13/h2-10H,18H2,1H3,(H,20,21). The van der Waals surface area contributed by atoms with Gasteiger partial charge in [-0.1, -0.05) is 12.1 Å². The second-order valence-corrected chi connectivity index (χ2v) is 4.87. The fourth-order valence-electron chi connectivity index (χ4n) is 2.24. The Morgan fingerprint density at radius 2 is 2.00 bits per heavy atom. The summed E-state index contributed by atoms with van der Waals surface area (Å²) in [6, 6.07) is 14.5. The Balaban J connectivity index is 2.05. The van der Waals surface area contributed by atoms with Crippen molar-refractivity contribution in [3.8, 4) is 11.5 Å². The van der Waals surface area contributed by atoms with Crippen LogP contribution in [0.3, 0.4) is 0 Å². The van der Waals surface area contributed by atoms with Crippen LogP contribution in [-0.4, -0.2) is 10.9 Å². The van der Waals surface area contributed by atoms with E-state index in [-0.39, 0.29) is 5.91 Å². The van der Waals surface area contributed by atoms with E-state index in [1.165, 1.54) is 6.92 Å². The van der Waals surface area contributed by atoms with Gasteiger partial charge in [0.25, 0.3) is 0 Å². The lowest BCUT2D eigenvalue weighted by Crippen LogP contribution is -2.06. The minimum absolute atomic E-state index is 0.142. The number of nitrogen functional groups attached to an aromatic ring is 1. The van der Waals surface area contributed by atoms with Gasteiger partial charge in [-0.2, -0.15) is 0 Å². The molecule has 0 radical (unpaired) electrons. The van der Waals surface area contributed by atoms with Crippen molar-refractivity contribution in [3.05, 3.63) is 54.7 Å². The first kappa shape index (κ1) is 13.9. The zero-order chi connectivity index (χ0) is 15.5. The highest BCUT2D eigenvalue weighted by atomic mass is 16.5. The van der Waals surface area contributed by atoms with E-state index >= 15 is 0 Å². The molecule has 0 aliphatic rings. The fourth-order valence-corrected chi connectivity index (χ4v) is 2.24. The van der Waals surface area contributed by atoms with Gasteiger partial charge in [0.05, 0.1) is 11.2 Å². The molecule has 3 aromatic rings. The van der Waals surface area contributed by atoms with Crippen LogP contribution in [0.2, 0.25) is 0 Å². The van der Waals surface area contributed by atoms with Gasteiger partial charge in [-0.05, 0) is 30.3 Å². The van der Waals surface area contributed by atoms with Crippen molar-refractivity contribution in [3.63, 3.8) is 0 Å². The number of nitrogens with one attached hydrogen (secondary N) is 1. The van der Waals surface area contributed by atoms with Gasteiger partial charge in [-0.3, -0.25) is 9.78 Å². The van der Waals surface area contributed by atoms with E-state index in [0.29, 0.717) is 28.4 Å². The predicted molar refractivity (Wildman–Crippen MR) is 87.0 cm³/mol. The summed E-state index contributed by atoms with van der Waals surface area (Å²) < 4.78 is 5.90. The summed E-state index contributed by atoms with van der Waals surface area (Å²) in [4.78, 5) is 15.6. The van der Waals surface area contributed by atoms with Gasteiger partial charge in [-0.15, -0.1) is 0 Å². The van der Waals surface area contributed by atoms with Crippen LogP contribution < -0.4 is 15.8 Å². The van der Waals surface area contributed by atoms with Crippen LogP contribution in [-0.2, 0) is 4.79 Å². The number of amides is 1. The number of para-hydroxylation sites is 1. The van der Waals surface area contributed by atoms with Crippen molar-refractivity contribution in [1.82, 2.24) is 4.98 Å². The molecule has 0 bridgehead atoms. The average molecular weight is 293 g/mol. The van der Waals surface area contributed by atoms with Crippen LogP contribution in [0.25, 0.3) is 10.9 Å². The van der Waals surface area contributed by atoms with Crippen LogP contribution in [0.1, 0.15) is 6.92 Å². The predicted octanol–water partition coefficient (Wildman–Crippen LogP) is 3.57. The zero-order valence-corrected chi connectivity index (χ0v) is 12.0. The lowest BCUT2D eigenvalue weighted by molar-refractivity contribution is -0.114. The van der Waals surface area contributed by atoms with Gasteiger partial charge in [0.2, 0.25) is 5.91 Å². The molecule has 1 amide bonds. The smallest absolute Gasteiger partial charge is 0.221 e. The van der Waals surface area contributed by atoms with Crippen LogP contribution in [0.4, 0.5) is 11.4 Å². The molecule has 0 atom stereocenters. The van der Waals surface area contributed by atoms with E-state index < -0.39 is 0 Å². The maximum atomic E-state index is 11.3. The SMILES string of the molecule is CC(=O)Nc1cccc2c(Oc3cccc(N)c3)ccnc12. The minimum atomic E-state index is -0.142. The van der Waals surface area contributed by atoms with Gasteiger partial charge in [-0.25, -0.2) is 0 Å².